The van der Waals surface area contributed by atoms with Crippen molar-refractivity contribution in [1.82, 2.24) is 9.80 Å². The summed E-state index contributed by atoms with van der Waals surface area (Å²) in [6.07, 6.45) is 2.47. The lowest BCUT2D eigenvalue weighted by molar-refractivity contribution is -0.125. The Labute approximate surface area is 146 Å². The fraction of sp³-hybridized carbons (Fsp3) is 0.650. The topological polar surface area (TPSA) is 49.6 Å². The Bertz CT molecular complexity index is 559. The molecule has 4 atom stereocenters. The van der Waals surface area contributed by atoms with Crippen LogP contribution in [0.3, 0.4) is 0 Å². The van der Waals surface area contributed by atoms with Crippen LogP contribution in [-0.2, 0) is 11.3 Å². The van der Waals surface area contributed by atoms with E-state index in [1.54, 1.807) is 0 Å². The number of carbonyl (C=O) groups excluding carboxylic acids is 1. The zero-order valence-corrected chi connectivity index (χ0v) is 15.2. The number of hydrogen-bond acceptors (Lipinski definition) is 3. The maximum Gasteiger partial charge on any atom is 0.235 e. The van der Waals surface area contributed by atoms with Gasteiger partial charge in [0, 0.05) is 25.7 Å². The highest BCUT2D eigenvalue weighted by molar-refractivity contribution is 5.80. The van der Waals surface area contributed by atoms with Gasteiger partial charge in [-0.2, -0.15) is 0 Å². The van der Waals surface area contributed by atoms with Gasteiger partial charge >= 0.3 is 0 Å². The molecule has 24 heavy (non-hydrogen) atoms. The molecule has 1 amide bonds. The molecule has 2 N–H and O–H groups in total. The molecule has 3 rings (SSSR count). The number of likely N-dealkylation sites (N-methyl/N-ethyl adjacent to an activating group) is 1. The number of nitrogens with zero attached hydrogens (tertiary/aromatic N) is 2. The zero-order chi connectivity index (χ0) is 17.3. The first-order chi connectivity index (χ1) is 11.5. The van der Waals surface area contributed by atoms with Gasteiger partial charge in [-0.1, -0.05) is 44.2 Å². The summed E-state index contributed by atoms with van der Waals surface area (Å²) in [5.74, 6) is 1.50. The second-order valence-corrected chi connectivity index (χ2v) is 8.01. The summed E-state index contributed by atoms with van der Waals surface area (Å²) in [5, 5.41) is 0. The van der Waals surface area contributed by atoms with Crippen LogP contribution in [0.5, 0.6) is 0 Å². The summed E-state index contributed by atoms with van der Waals surface area (Å²) in [5.41, 5.74) is 7.07. The molecule has 0 spiro atoms. The number of carbonyl (C=O) groups is 1. The first-order valence-electron chi connectivity index (χ1n) is 9.25. The summed E-state index contributed by atoms with van der Waals surface area (Å²) in [4.78, 5) is 16.8. The van der Waals surface area contributed by atoms with Gasteiger partial charge < -0.3 is 5.73 Å². The van der Waals surface area contributed by atoms with Crippen LogP contribution in [0.25, 0.3) is 0 Å². The largest absolute Gasteiger partial charge is 0.368 e. The van der Waals surface area contributed by atoms with Crippen molar-refractivity contribution < 1.29 is 4.79 Å². The van der Waals surface area contributed by atoms with E-state index in [-0.39, 0.29) is 17.9 Å². The van der Waals surface area contributed by atoms with Gasteiger partial charge in [0.05, 0.1) is 6.04 Å². The van der Waals surface area contributed by atoms with Crippen molar-refractivity contribution in [2.24, 2.45) is 23.5 Å². The van der Waals surface area contributed by atoms with Gasteiger partial charge in [0.2, 0.25) is 5.91 Å². The molecule has 1 saturated heterocycles. The molecule has 0 unspecified atom stereocenters. The monoisotopic (exact) mass is 329 g/mol. The Morgan fingerprint density at radius 1 is 1.25 bits per heavy atom. The van der Waals surface area contributed by atoms with E-state index in [9.17, 15) is 4.79 Å². The summed E-state index contributed by atoms with van der Waals surface area (Å²) >= 11 is 0. The molecule has 2 aliphatic rings. The van der Waals surface area contributed by atoms with Gasteiger partial charge in [0.25, 0.3) is 0 Å². The van der Waals surface area contributed by atoms with Crippen molar-refractivity contribution in [1.29, 1.82) is 0 Å². The Morgan fingerprint density at radius 3 is 2.58 bits per heavy atom. The van der Waals surface area contributed by atoms with E-state index in [2.05, 4.69) is 61.0 Å². The molecule has 1 saturated carbocycles. The third kappa shape index (κ3) is 3.50. The molecule has 0 aromatic heterocycles. The second kappa shape index (κ2) is 7.24. The summed E-state index contributed by atoms with van der Waals surface area (Å²) in [7, 11) is 2.10. The third-order valence-electron chi connectivity index (χ3n) is 6.03. The SMILES string of the molecule is CC(C)[C@@H](C(N)=O)N(C)[C@@H]1CC[C@H]2CN(Cc3ccccc3)C[C@H]21. The normalized spacial score (nSPS) is 28.5. The van der Waals surface area contributed by atoms with E-state index in [1.165, 1.54) is 24.9 Å². The number of amides is 1. The lowest BCUT2D eigenvalue weighted by atomic mass is 9.93. The minimum atomic E-state index is -0.185. The number of fused-ring (bicyclic) bond motifs is 1. The molecule has 0 bridgehead atoms. The Balaban J connectivity index is 1.65. The van der Waals surface area contributed by atoms with Crippen LogP contribution in [0.2, 0.25) is 0 Å². The zero-order valence-electron chi connectivity index (χ0n) is 15.2. The highest BCUT2D eigenvalue weighted by atomic mass is 16.1. The molecule has 1 aromatic carbocycles. The average Bonchev–Trinajstić information content (AvgIpc) is 3.07. The number of nitrogens with two attached hydrogens (primary N) is 1. The van der Waals surface area contributed by atoms with E-state index in [1.807, 2.05) is 0 Å². The number of rotatable bonds is 6. The molecular weight excluding hydrogens is 298 g/mol. The predicted octanol–water partition coefficient (Wildman–Crippen LogP) is 2.34. The molecule has 1 aliphatic heterocycles. The van der Waals surface area contributed by atoms with Crippen LogP contribution in [0, 0.1) is 17.8 Å². The van der Waals surface area contributed by atoms with Gasteiger partial charge in [-0.15, -0.1) is 0 Å². The Hall–Kier alpha value is -1.39. The van der Waals surface area contributed by atoms with Crippen LogP contribution < -0.4 is 5.73 Å². The maximum absolute atomic E-state index is 11.9. The first kappa shape index (κ1) is 17.4. The minimum Gasteiger partial charge on any atom is -0.368 e. The van der Waals surface area contributed by atoms with Crippen LogP contribution >= 0.6 is 0 Å². The molecule has 1 aromatic rings. The van der Waals surface area contributed by atoms with E-state index in [0.717, 1.165) is 19.0 Å². The van der Waals surface area contributed by atoms with Crippen LogP contribution in [-0.4, -0.2) is 47.9 Å². The number of benzene rings is 1. The first-order valence-corrected chi connectivity index (χ1v) is 9.25. The highest BCUT2D eigenvalue weighted by Gasteiger charge is 2.46. The molecular formula is C20H31N3O. The molecule has 1 heterocycles. The van der Waals surface area contributed by atoms with Gasteiger partial charge in [-0.3, -0.25) is 14.6 Å². The van der Waals surface area contributed by atoms with E-state index in [0.29, 0.717) is 12.0 Å². The van der Waals surface area contributed by atoms with E-state index < -0.39 is 0 Å². The van der Waals surface area contributed by atoms with Crippen molar-refractivity contribution in [3.05, 3.63) is 35.9 Å². The van der Waals surface area contributed by atoms with Gasteiger partial charge in [-0.25, -0.2) is 0 Å². The van der Waals surface area contributed by atoms with Gasteiger partial charge in [-0.05, 0) is 43.2 Å². The lowest BCUT2D eigenvalue weighted by Crippen LogP contribution is -2.52. The van der Waals surface area contributed by atoms with Crippen LogP contribution in [0.4, 0.5) is 0 Å². The van der Waals surface area contributed by atoms with Crippen molar-refractivity contribution in [3.8, 4) is 0 Å². The number of likely N-dealkylation sites (tertiary alicyclic amines) is 1. The minimum absolute atomic E-state index is 0.156. The van der Waals surface area contributed by atoms with Crippen LogP contribution in [0.15, 0.2) is 30.3 Å². The quantitative estimate of drug-likeness (QED) is 0.871. The standard InChI is InChI=1S/C20H31N3O/c1-14(2)19(20(21)24)22(3)18-10-9-16-12-23(13-17(16)18)11-15-7-5-4-6-8-15/h4-8,14,16-19H,9-13H2,1-3H3,(H2,21,24)/t16-,17+,18+,19-/m0/s1. The van der Waals surface area contributed by atoms with Gasteiger partial charge in [0.1, 0.15) is 0 Å². The lowest BCUT2D eigenvalue weighted by Gasteiger charge is -2.36. The van der Waals surface area contributed by atoms with Crippen molar-refractivity contribution in [3.63, 3.8) is 0 Å². The summed E-state index contributed by atoms with van der Waals surface area (Å²) in [6.45, 7) is 7.54. The predicted molar refractivity (Wildman–Crippen MR) is 97.3 cm³/mol. The smallest absolute Gasteiger partial charge is 0.235 e. The Morgan fingerprint density at radius 2 is 1.96 bits per heavy atom. The molecule has 0 radical (unpaired) electrons. The van der Waals surface area contributed by atoms with E-state index in [4.69, 9.17) is 5.73 Å². The summed E-state index contributed by atoms with van der Waals surface area (Å²) < 4.78 is 0. The third-order valence-corrected chi connectivity index (χ3v) is 6.03. The highest BCUT2D eigenvalue weighted by Crippen LogP contribution is 2.41. The summed E-state index contributed by atoms with van der Waals surface area (Å²) in [6, 6.07) is 11.0. The van der Waals surface area contributed by atoms with Crippen molar-refractivity contribution >= 4 is 5.91 Å². The van der Waals surface area contributed by atoms with Crippen molar-refractivity contribution in [2.75, 3.05) is 20.1 Å². The Kier molecular flexibility index (Phi) is 5.26. The maximum atomic E-state index is 11.9. The average molecular weight is 329 g/mol. The van der Waals surface area contributed by atoms with E-state index >= 15 is 0 Å². The second-order valence-electron chi connectivity index (χ2n) is 8.01. The molecule has 4 nitrogen and oxygen atoms in total. The fourth-order valence-electron chi connectivity index (χ4n) is 5.01. The van der Waals surface area contributed by atoms with Crippen molar-refractivity contribution in [2.45, 2.75) is 45.3 Å². The molecule has 4 heteroatoms. The number of primary amides is 1. The molecule has 1 aliphatic carbocycles. The fourth-order valence-corrected chi connectivity index (χ4v) is 5.01. The molecule has 2 fully saturated rings. The molecule has 132 valence electrons. The number of hydrogen-bond donors (Lipinski definition) is 1. The van der Waals surface area contributed by atoms with Crippen LogP contribution in [0.1, 0.15) is 32.3 Å². The van der Waals surface area contributed by atoms with Gasteiger partial charge in [0.15, 0.2) is 0 Å².